The van der Waals surface area contributed by atoms with Crippen LogP contribution in [0.3, 0.4) is 0 Å². The molecule has 0 radical (unpaired) electrons. The molecule has 2 aliphatic rings. The van der Waals surface area contributed by atoms with E-state index in [1.807, 2.05) is 60.5 Å². The molecule has 3 aromatic rings. The molecule has 0 unspecified atom stereocenters. The molecule has 3 aromatic carbocycles. The van der Waals surface area contributed by atoms with Gasteiger partial charge in [-0.25, -0.2) is 0 Å². The number of benzene rings is 3. The second kappa shape index (κ2) is 12.9. The summed E-state index contributed by atoms with van der Waals surface area (Å²) in [5, 5.41) is 6.85. The Morgan fingerprint density at radius 1 is 0.951 bits per heavy atom. The molecule has 5 nitrogen and oxygen atoms in total. The number of carbonyl (C=O) groups is 1. The zero-order chi connectivity index (χ0) is 29.0. The molecule has 0 bridgehead atoms. The number of hydrazone groups is 1. The zero-order valence-corrected chi connectivity index (χ0v) is 25.7. The Kier molecular flexibility index (Phi) is 9.24. The fourth-order valence-corrected chi connectivity index (χ4v) is 7.09. The summed E-state index contributed by atoms with van der Waals surface area (Å²) in [6.45, 7) is 9.13. The van der Waals surface area contributed by atoms with E-state index in [4.69, 9.17) is 14.6 Å². The SMILES string of the molecule is CCOC(=O)C1=NN(c2ccccc2)[C@H]([C](=[Cr])O[C@@H]2C[C@H](C)CC[C@H]2C(C)(C)c2ccccc2)[C@H]1c1ccccc1. The average molecular weight is 589 g/mol. The number of hydrogen-bond donors (Lipinski definition) is 0. The Hall–Kier alpha value is -3.04. The third kappa shape index (κ3) is 6.26. The number of ether oxygens (including phenoxy) is 2. The predicted octanol–water partition coefficient (Wildman–Crippen LogP) is 7.05. The molecule has 1 aliphatic carbocycles. The van der Waals surface area contributed by atoms with Crippen LogP contribution >= 0.6 is 0 Å². The zero-order valence-electron chi connectivity index (χ0n) is 24.4. The van der Waals surface area contributed by atoms with Gasteiger partial charge in [0.1, 0.15) is 0 Å². The van der Waals surface area contributed by atoms with E-state index in [0.29, 0.717) is 17.5 Å². The Morgan fingerprint density at radius 2 is 1.56 bits per heavy atom. The Balaban J connectivity index is 1.53. The van der Waals surface area contributed by atoms with Crippen LogP contribution in [0.2, 0.25) is 0 Å². The normalized spacial score (nSPS) is 24.5. The molecule has 6 heteroatoms. The summed E-state index contributed by atoms with van der Waals surface area (Å²) >= 11 is 3.31. The van der Waals surface area contributed by atoms with Gasteiger partial charge in [0.05, 0.1) is 0 Å². The van der Waals surface area contributed by atoms with Crippen LogP contribution < -0.4 is 5.01 Å². The van der Waals surface area contributed by atoms with E-state index < -0.39 is 5.97 Å². The van der Waals surface area contributed by atoms with E-state index >= 15 is 0 Å². The van der Waals surface area contributed by atoms with Crippen LogP contribution in [0.4, 0.5) is 5.69 Å². The predicted molar refractivity (Wildman–Crippen MR) is 162 cm³/mol. The first-order valence-corrected chi connectivity index (χ1v) is 15.4. The molecule has 5 atom stereocenters. The third-order valence-corrected chi connectivity index (χ3v) is 9.29. The van der Waals surface area contributed by atoms with Crippen LogP contribution in [0.5, 0.6) is 0 Å². The first-order valence-electron chi connectivity index (χ1n) is 14.7. The standard InChI is InChI=1S/C35H40N2O3.Cr/c1-5-39-34(38)33-32(26-15-9-6-10-16-26)30(37(36-33)28-19-13-8-14-20-28)24-40-31-23-25(2)21-22-29(31)35(3,4)27-17-11-7-12-18-27;/h6-20,25,29-32H,5,21-23H2,1-4H3;/t25-,29-,30-,31-,32-;/m1./s1. The van der Waals surface area contributed by atoms with E-state index in [9.17, 15) is 4.79 Å². The summed E-state index contributed by atoms with van der Waals surface area (Å²) in [5.41, 5.74) is 3.55. The van der Waals surface area contributed by atoms with Crippen LogP contribution in [0, 0.1) is 11.8 Å². The van der Waals surface area contributed by atoms with Gasteiger partial charge in [-0.1, -0.05) is 0 Å². The number of hydrogen-bond acceptors (Lipinski definition) is 5. The van der Waals surface area contributed by atoms with Crippen molar-refractivity contribution in [3.63, 3.8) is 0 Å². The minimum atomic E-state index is -0.396. The van der Waals surface area contributed by atoms with Gasteiger partial charge in [0.15, 0.2) is 0 Å². The van der Waals surface area contributed by atoms with Gasteiger partial charge in [-0.2, -0.15) is 0 Å². The number of para-hydroxylation sites is 1. The van der Waals surface area contributed by atoms with Gasteiger partial charge in [-0.15, -0.1) is 0 Å². The van der Waals surface area contributed by atoms with Crippen molar-refractivity contribution >= 4 is 21.9 Å². The number of nitrogens with zero attached hydrogens (tertiary/aromatic N) is 2. The summed E-state index contributed by atoms with van der Waals surface area (Å²) in [6, 6.07) is 30.5. The van der Waals surface area contributed by atoms with E-state index in [0.717, 1.165) is 28.7 Å². The van der Waals surface area contributed by atoms with Gasteiger partial charge in [0.25, 0.3) is 0 Å². The molecule has 1 fully saturated rings. The van der Waals surface area contributed by atoms with Gasteiger partial charge >= 0.3 is 253 Å². The van der Waals surface area contributed by atoms with Crippen LogP contribution in [-0.4, -0.2) is 35.0 Å². The van der Waals surface area contributed by atoms with Crippen molar-refractivity contribution in [2.75, 3.05) is 11.6 Å². The fraction of sp³-hybridized carbons (Fsp3) is 0.400. The number of esters is 1. The molecule has 0 aromatic heterocycles. The van der Waals surface area contributed by atoms with Crippen LogP contribution in [0.25, 0.3) is 0 Å². The van der Waals surface area contributed by atoms with E-state index in [1.165, 1.54) is 12.0 Å². The molecule has 0 saturated heterocycles. The molecule has 1 aliphatic heterocycles. The second-order valence-corrected chi connectivity index (χ2v) is 12.4. The monoisotopic (exact) mass is 588 g/mol. The topological polar surface area (TPSA) is 51.1 Å². The van der Waals surface area contributed by atoms with E-state index in [-0.39, 0.29) is 30.1 Å². The summed E-state index contributed by atoms with van der Waals surface area (Å²) in [5.74, 6) is 0.151. The summed E-state index contributed by atoms with van der Waals surface area (Å²) in [7, 11) is 0. The fourth-order valence-electron chi connectivity index (χ4n) is 6.52. The van der Waals surface area contributed by atoms with Crippen molar-refractivity contribution < 1.29 is 30.1 Å². The van der Waals surface area contributed by atoms with E-state index in [2.05, 4.69) is 79.1 Å². The van der Waals surface area contributed by atoms with Gasteiger partial charge in [-0.05, 0) is 0 Å². The average Bonchev–Trinajstić information content (AvgIpc) is 3.40. The van der Waals surface area contributed by atoms with Crippen molar-refractivity contribution in [2.45, 2.75) is 70.4 Å². The van der Waals surface area contributed by atoms with Crippen LogP contribution in [0.1, 0.15) is 64.0 Å². The Morgan fingerprint density at radius 3 is 2.20 bits per heavy atom. The van der Waals surface area contributed by atoms with Crippen LogP contribution in [0.15, 0.2) is 96.1 Å². The van der Waals surface area contributed by atoms with Crippen molar-refractivity contribution in [3.8, 4) is 0 Å². The van der Waals surface area contributed by atoms with Crippen molar-refractivity contribution in [1.29, 1.82) is 0 Å². The molecular formula is C35H40CrN2O3. The van der Waals surface area contributed by atoms with Crippen molar-refractivity contribution in [3.05, 3.63) is 102 Å². The van der Waals surface area contributed by atoms with Crippen molar-refractivity contribution in [2.24, 2.45) is 16.9 Å². The first-order chi connectivity index (χ1) is 19.8. The molecule has 0 amide bonds. The first kappa shape index (κ1) is 29.5. The van der Waals surface area contributed by atoms with Gasteiger partial charge in [0, 0.05) is 0 Å². The molecular weight excluding hydrogens is 548 g/mol. The molecule has 1 saturated carbocycles. The molecule has 5 rings (SSSR count). The minimum absolute atomic E-state index is 0.0193. The number of carbonyl (C=O) groups excluding carboxylic acids is 1. The second-order valence-electron chi connectivity index (χ2n) is 11.8. The molecule has 1 heterocycles. The Bertz CT molecular complexity index is 1360. The maximum absolute atomic E-state index is 13.3. The Labute approximate surface area is 252 Å². The van der Waals surface area contributed by atoms with Crippen LogP contribution in [-0.2, 0) is 35.5 Å². The van der Waals surface area contributed by atoms with Gasteiger partial charge < -0.3 is 0 Å². The molecule has 41 heavy (non-hydrogen) atoms. The quantitative estimate of drug-likeness (QED) is 0.251. The van der Waals surface area contributed by atoms with Gasteiger partial charge in [0.2, 0.25) is 0 Å². The molecule has 214 valence electrons. The third-order valence-electron chi connectivity index (χ3n) is 8.76. The number of anilines is 1. The number of rotatable bonds is 9. The van der Waals surface area contributed by atoms with Gasteiger partial charge in [-0.3, -0.25) is 0 Å². The summed E-state index contributed by atoms with van der Waals surface area (Å²) in [6.07, 6.45) is 3.28. The summed E-state index contributed by atoms with van der Waals surface area (Å²) < 4.78 is 13.3. The maximum atomic E-state index is 13.3. The van der Waals surface area contributed by atoms with Crippen molar-refractivity contribution in [1.82, 2.24) is 0 Å². The molecule has 0 spiro atoms. The summed E-state index contributed by atoms with van der Waals surface area (Å²) in [4.78, 5) is 13.3. The molecule has 0 N–H and O–H groups in total. The van der Waals surface area contributed by atoms with E-state index in [1.54, 1.807) is 0 Å².